The molecule has 108 valence electrons. The molecular weight excluding hydrogens is 304 g/mol. The van der Waals surface area contributed by atoms with Gasteiger partial charge in [-0.3, -0.25) is 4.79 Å². The monoisotopic (exact) mass is 318 g/mol. The van der Waals surface area contributed by atoms with Crippen LogP contribution in [0.1, 0.15) is 28.5 Å². The van der Waals surface area contributed by atoms with Gasteiger partial charge in [-0.2, -0.15) is 5.10 Å². The lowest BCUT2D eigenvalue weighted by Gasteiger charge is -2.19. The van der Waals surface area contributed by atoms with Crippen molar-refractivity contribution in [2.75, 3.05) is 5.88 Å². The molecule has 0 fully saturated rings. The molecule has 2 aromatic rings. The SMILES string of the molecule is Cc1ccc(C2=NN(C(=O)CCl)[C@@H](c3cccs3)C2)cc1. The molecule has 3 rings (SSSR count). The van der Waals surface area contributed by atoms with Crippen molar-refractivity contribution < 1.29 is 4.79 Å². The minimum absolute atomic E-state index is 0.0347. The van der Waals surface area contributed by atoms with E-state index in [0.717, 1.165) is 22.6 Å². The molecule has 3 nitrogen and oxygen atoms in total. The first-order valence-electron chi connectivity index (χ1n) is 6.75. The van der Waals surface area contributed by atoms with Crippen molar-refractivity contribution in [3.05, 3.63) is 57.8 Å². The van der Waals surface area contributed by atoms with E-state index in [0.29, 0.717) is 0 Å². The van der Waals surface area contributed by atoms with E-state index in [4.69, 9.17) is 11.6 Å². The number of carbonyl (C=O) groups is 1. The highest BCUT2D eigenvalue weighted by Gasteiger charge is 2.33. The zero-order chi connectivity index (χ0) is 14.8. The maximum atomic E-state index is 12.0. The summed E-state index contributed by atoms with van der Waals surface area (Å²) in [4.78, 5) is 13.2. The Labute approximate surface area is 132 Å². The van der Waals surface area contributed by atoms with Crippen LogP contribution in [0.15, 0.2) is 46.9 Å². The first kappa shape index (κ1) is 14.3. The van der Waals surface area contributed by atoms with E-state index in [2.05, 4.69) is 24.2 Å². The van der Waals surface area contributed by atoms with Gasteiger partial charge in [0.1, 0.15) is 5.88 Å². The van der Waals surface area contributed by atoms with E-state index in [-0.39, 0.29) is 17.8 Å². The van der Waals surface area contributed by atoms with Gasteiger partial charge in [0.2, 0.25) is 0 Å². The smallest absolute Gasteiger partial charge is 0.258 e. The van der Waals surface area contributed by atoms with Crippen molar-refractivity contribution in [3.63, 3.8) is 0 Å². The van der Waals surface area contributed by atoms with Crippen LogP contribution in [0.25, 0.3) is 0 Å². The Morgan fingerprint density at radius 1 is 1.38 bits per heavy atom. The summed E-state index contributed by atoms with van der Waals surface area (Å²) < 4.78 is 0. The molecule has 0 aliphatic carbocycles. The van der Waals surface area contributed by atoms with Gasteiger partial charge in [0.25, 0.3) is 5.91 Å². The predicted octanol–water partition coefficient (Wildman–Crippen LogP) is 3.97. The van der Waals surface area contributed by atoms with Crippen molar-refractivity contribution in [2.24, 2.45) is 5.10 Å². The Morgan fingerprint density at radius 3 is 2.76 bits per heavy atom. The van der Waals surface area contributed by atoms with Crippen LogP contribution in [0, 0.1) is 6.92 Å². The third-order valence-corrected chi connectivity index (χ3v) is 4.74. The zero-order valence-electron chi connectivity index (χ0n) is 11.6. The van der Waals surface area contributed by atoms with Crippen LogP contribution >= 0.6 is 22.9 Å². The number of nitrogens with zero attached hydrogens (tertiary/aromatic N) is 2. The third kappa shape index (κ3) is 2.87. The number of halogens is 1. The molecule has 1 aromatic heterocycles. The van der Waals surface area contributed by atoms with Gasteiger partial charge in [0, 0.05) is 11.3 Å². The van der Waals surface area contributed by atoms with Crippen molar-refractivity contribution >= 4 is 34.6 Å². The van der Waals surface area contributed by atoms with Crippen LogP contribution in [0.5, 0.6) is 0 Å². The van der Waals surface area contributed by atoms with Gasteiger partial charge in [-0.15, -0.1) is 22.9 Å². The molecule has 21 heavy (non-hydrogen) atoms. The highest BCUT2D eigenvalue weighted by molar-refractivity contribution is 7.10. The molecule has 1 amide bonds. The largest absolute Gasteiger partial charge is 0.272 e. The molecule has 1 aromatic carbocycles. The molecule has 2 heterocycles. The lowest BCUT2D eigenvalue weighted by molar-refractivity contribution is -0.130. The number of hydrogen-bond donors (Lipinski definition) is 0. The maximum absolute atomic E-state index is 12.0. The normalized spacial score (nSPS) is 17.9. The van der Waals surface area contributed by atoms with Crippen LogP contribution in [-0.2, 0) is 4.79 Å². The van der Waals surface area contributed by atoms with E-state index >= 15 is 0 Å². The average molecular weight is 319 g/mol. The molecule has 0 radical (unpaired) electrons. The summed E-state index contributed by atoms with van der Waals surface area (Å²) in [5.74, 6) is -0.204. The van der Waals surface area contributed by atoms with Crippen molar-refractivity contribution in [1.82, 2.24) is 5.01 Å². The van der Waals surface area contributed by atoms with Crippen molar-refractivity contribution in [3.8, 4) is 0 Å². The second kappa shape index (κ2) is 6.00. The first-order chi connectivity index (χ1) is 10.2. The lowest BCUT2D eigenvalue weighted by Crippen LogP contribution is -2.27. The molecule has 0 unspecified atom stereocenters. The van der Waals surface area contributed by atoms with Crippen molar-refractivity contribution in [1.29, 1.82) is 0 Å². The molecule has 5 heteroatoms. The number of benzene rings is 1. The Bertz CT molecular complexity index is 664. The topological polar surface area (TPSA) is 32.7 Å². The van der Waals surface area contributed by atoms with Crippen LogP contribution in [0.2, 0.25) is 0 Å². The fourth-order valence-corrected chi connectivity index (χ4v) is 3.36. The minimum Gasteiger partial charge on any atom is -0.272 e. The van der Waals surface area contributed by atoms with Gasteiger partial charge < -0.3 is 0 Å². The number of rotatable bonds is 3. The van der Waals surface area contributed by atoms with E-state index < -0.39 is 0 Å². The van der Waals surface area contributed by atoms with Crippen LogP contribution < -0.4 is 0 Å². The summed E-state index contributed by atoms with van der Waals surface area (Å²) in [5.41, 5.74) is 3.21. The van der Waals surface area contributed by atoms with E-state index in [1.165, 1.54) is 10.6 Å². The molecule has 0 N–H and O–H groups in total. The van der Waals surface area contributed by atoms with Crippen LogP contribution in [0.3, 0.4) is 0 Å². The molecule has 1 aliphatic rings. The molecule has 0 spiro atoms. The molecule has 0 saturated carbocycles. The summed E-state index contributed by atoms with van der Waals surface area (Å²) in [6, 6.07) is 12.2. The summed E-state index contributed by atoms with van der Waals surface area (Å²) in [7, 11) is 0. The standard InChI is InChI=1S/C16H15ClN2OS/c1-11-4-6-12(7-5-11)13-9-14(15-3-2-8-21-15)19(18-13)16(20)10-17/h2-8,14H,9-10H2,1H3/t14-/m1/s1. The van der Waals surface area contributed by atoms with Crippen LogP contribution in [-0.4, -0.2) is 22.5 Å². The number of amides is 1. The number of alkyl halides is 1. The Morgan fingerprint density at radius 2 is 2.14 bits per heavy atom. The Balaban J connectivity index is 1.93. The summed E-state index contributed by atoms with van der Waals surface area (Å²) in [6.07, 6.45) is 0.728. The van der Waals surface area contributed by atoms with Crippen molar-refractivity contribution in [2.45, 2.75) is 19.4 Å². The predicted molar refractivity (Wildman–Crippen MR) is 87.0 cm³/mol. The highest BCUT2D eigenvalue weighted by Crippen LogP contribution is 2.35. The van der Waals surface area contributed by atoms with E-state index in [1.807, 2.05) is 29.6 Å². The number of thiophene rings is 1. The highest BCUT2D eigenvalue weighted by atomic mass is 35.5. The second-order valence-corrected chi connectivity index (χ2v) is 6.27. The summed E-state index contributed by atoms with van der Waals surface area (Å²) in [6.45, 7) is 2.05. The van der Waals surface area contributed by atoms with Crippen LogP contribution in [0.4, 0.5) is 0 Å². The Kier molecular flexibility index (Phi) is 4.08. The third-order valence-electron chi connectivity index (χ3n) is 3.54. The Hall–Kier alpha value is -1.65. The maximum Gasteiger partial charge on any atom is 0.258 e. The number of hydrogen-bond acceptors (Lipinski definition) is 3. The molecule has 1 aliphatic heterocycles. The number of aryl methyl sites for hydroxylation is 1. The minimum atomic E-state index is -0.155. The summed E-state index contributed by atoms with van der Waals surface area (Å²) in [5, 5.41) is 8.07. The fraction of sp³-hybridized carbons (Fsp3) is 0.250. The summed E-state index contributed by atoms with van der Waals surface area (Å²) >= 11 is 7.36. The quantitative estimate of drug-likeness (QED) is 0.788. The molecule has 1 atom stereocenters. The molecule has 0 saturated heterocycles. The first-order valence-corrected chi connectivity index (χ1v) is 8.16. The molecular formula is C16H15ClN2OS. The lowest BCUT2D eigenvalue weighted by atomic mass is 10.0. The zero-order valence-corrected chi connectivity index (χ0v) is 13.2. The molecule has 0 bridgehead atoms. The van der Waals surface area contributed by atoms with E-state index in [9.17, 15) is 4.79 Å². The van der Waals surface area contributed by atoms with Gasteiger partial charge >= 0.3 is 0 Å². The van der Waals surface area contributed by atoms with E-state index in [1.54, 1.807) is 11.3 Å². The van der Waals surface area contributed by atoms with Gasteiger partial charge in [-0.1, -0.05) is 35.9 Å². The number of hydrazone groups is 1. The second-order valence-electron chi connectivity index (χ2n) is 5.02. The van der Waals surface area contributed by atoms with Gasteiger partial charge in [-0.25, -0.2) is 5.01 Å². The average Bonchev–Trinajstić information content (AvgIpc) is 3.16. The fourth-order valence-electron chi connectivity index (χ4n) is 2.42. The number of carbonyl (C=O) groups excluding carboxylic acids is 1. The van der Waals surface area contributed by atoms with Gasteiger partial charge in [0.15, 0.2) is 0 Å². The van der Waals surface area contributed by atoms with Gasteiger partial charge in [-0.05, 0) is 23.9 Å². The van der Waals surface area contributed by atoms with Gasteiger partial charge in [0.05, 0.1) is 11.8 Å².